The molecule has 0 aliphatic heterocycles. The average molecular weight is 366 g/mol. The third kappa shape index (κ3) is 3.52. The largest absolute Gasteiger partial charge is 0.347 e. The van der Waals surface area contributed by atoms with Crippen molar-refractivity contribution in [2.45, 2.75) is 6.54 Å². The van der Waals surface area contributed by atoms with Crippen LogP contribution in [-0.2, 0) is 6.54 Å². The lowest BCUT2D eigenvalue weighted by Crippen LogP contribution is -2.23. The zero-order chi connectivity index (χ0) is 17.1. The smallest absolute Gasteiger partial charge is 0.271 e. The van der Waals surface area contributed by atoms with E-state index in [4.69, 9.17) is 0 Å². The van der Waals surface area contributed by atoms with Gasteiger partial charge in [0.1, 0.15) is 10.7 Å². The van der Waals surface area contributed by atoms with E-state index in [1.54, 1.807) is 29.2 Å². The third-order valence-corrected chi connectivity index (χ3v) is 5.52. The highest BCUT2D eigenvalue weighted by molar-refractivity contribution is 7.20. The van der Waals surface area contributed by atoms with Crippen LogP contribution in [0, 0.1) is 0 Å². The maximum atomic E-state index is 12.3. The minimum absolute atomic E-state index is 0.160. The first kappa shape index (κ1) is 15.7. The van der Waals surface area contributed by atoms with Crippen LogP contribution in [0.25, 0.3) is 15.6 Å². The molecular formula is C18H14N4OS2. The summed E-state index contributed by atoms with van der Waals surface area (Å²) in [4.78, 5) is 21.9. The second-order valence-electron chi connectivity index (χ2n) is 5.34. The van der Waals surface area contributed by atoms with E-state index in [0.29, 0.717) is 12.2 Å². The number of hydrogen-bond donors (Lipinski definition) is 1. The molecule has 4 rings (SSSR count). The van der Waals surface area contributed by atoms with Gasteiger partial charge in [-0.25, -0.2) is 9.97 Å². The molecule has 0 aliphatic carbocycles. The number of rotatable bonds is 5. The number of nitrogens with one attached hydrogen (secondary N) is 1. The predicted octanol–water partition coefficient (Wildman–Crippen LogP) is 3.99. The molecule has 1 amide bonds. The highest BCUT2D eigenvalue weighted by Gasteiger charge is 2.12. The van der Waals surface area contributed by atoms with Crippen LogP contribution in [0.15, 0.2) is 65.9 Å². The van der Waals surface area contributed by atoms with E-state index in [1.807, 2.05) is 52.5 Å². The fourth-order valence-electron chi connectivity index (χ4n) is 2.40. The Morgan fingerprint density at radius 1 is 1.20 bits per heavy atom. The van der Waals surface area contributed by atoms with Crippen LogP contribution in [0.3, 0.4) is 0 Å². The van der Waals surface area contributed by atoms with Crippen molar-refractivity contribution >= 4 is 28.6 Å². The Morgan fingerprint density at radius 3 is 2.96 bits per heavy atom. The lowest BCUT2D eigenvalue weighted by Gasteiger charge is -2.07. The lowest BCUT2D eigenvalue weighted by molar-refractivity contribution is 0.0946. The zero-order valence-corrected chi connectivity index (χ0v) is 14.8. The van der Waals surface area contributed by atoms with Gasteiger partial charge in [-0.1, -0.05) is 18.2 Å². The van der Waals surface area contributed by atoms with Crippen LogP contribution >= 0.6 is 22.7 Å². The highest BCUT2D eigenvalue weighted by atomic mass is 32.1. The average Bonchev–Trinajstić information content (AvgIpc) is 3.41. The van der Waals surface area contributed by atoms with Gasteiger partial charge in [-0.15, -0.1) is 22.7 Å². The Balaban J connectivity index is 1.43. The van der Waals surface area contributed by atoms with Crippen molar-refractivity contribution in [3.05, 3.63) is 77.1 Å². The van der Waals surface area contributed by atoms with Gasteiger partial charge in [0.2, 0.25) is 0 Å². The fraction of sp³-hybridized carbons (Fsp3) is 0.0556. The molecule has 0 saturated carbocycles. The minimum Gasteiger partial charge on any atom is -0.347 e. The van der Waals surface area contributed by atoms with Crippen molar-refractivity contribution in [3.63, 3.8) is 0 Å². The highest BCUT2D eigenvalue weighted by Crippen LogP contribution is 2.27. The number of thiophene rings is 1. The molecule has 1 N–H and O–H groups in total. The van der Waals surface area contributed by atoms with Gasteiger partial charge in [-0.3, -0.25) is 4.79 Å². The van der Waals surface area contributed by atoms with Crippen LogP contribution < -0.4 is 5.32 Å². The van der Waals surface area contributed by atoms with Gasteiger partial charge in [0.15, 0.2) is 0 Å². The number of imidazole rings is 1. The number of benzene rings is 1. The summed E-state index contributed by atoms with van der Waals surface area (Å²) in [5.41, 5.74) is 2.49. The van der Waals surface area contributed by atoms with Crippen molar-refractivity contribution in [1.82, 2.24) is 19.9 Å². The van der Waals surface area contributed by atoms with Gasteiger partial charge in [-0.2, -0.15) is 0 Å². The number of carbonyl (C=O) groups excluding carboxylic acids is 1. The fourth-order valence-corrected chi connectivity index (χ4v) is 4.02. The minimum atomic E-state index is -0.160. The number of nitrogens with zero attached hydrogens (tertiary/aromatic N) is 3. The van der Waals surface area contributed by atoms with Crippen molar-refractivity contribution in [3.8, 4) is 15.6 Å². The van der Waals surface area contributed by atoms with E-state index in [9.17, 15) is 4.79 Å². The quantitative estimate of drug-likeness (QED) is 0.581. The maximum absolute atomic E-state index is 12.3. The molecular weight excluding hydrogens is 352 g/mol. The summed E-state index contributed by atoms with van der Waals surface area (Å²) in [6.45, 7) is 0.452. The van der Waals surface area contributed by atoms with Gasteiger partial charge in [0.05, 0.1) is 11.2 Å². The van der Waals surface area contributed by atoms with Crippen molar-refractivity contribution < 1.29 is 4.79 Å². The predicted molar refractivity (Wildman–Crippen MR) is 100 cm³/mol. The van der Waals surface area contributed by atoms with E-state index >= 15 is 0 Å². The standard InChI is InChI=1S/C18H14N4OS2/c23-17(15-11-25-18(21-15)16-5-2-8-24-16)20-10-13-3-1-4-14(9-13)22-7-6-19-12-22/h1-9,11-12H,10H2,(H,20,23). The molecule has 4 aromatic rings. The molecule has 0 radical (unpaired) electrons. The van der Waals surface area contributed by atoms with E-state index in [1.165, 1.54) is 11.3 Å². The third-order valence-electron chi connectivity index (χ3n) is 3.63. The Hall–Kier alpha value is -2.77. The summed E-state index contributed by atoms with van der Waals surface area (Å²) in [5.74, 6) is -0.160. The summed E-state index contributed by atoms with van der Waals surface area (Å²) < 4.78 is 1.93. The van der Waals surface area contributed by atoms with Gasteiger partial charge in [0, 0.05) is 30.0 Å². The monoisotopic (exact) mass is 366 g/mol. The SMILES string of the molecule is O=C(NCc1cccc(-n2ccnc2)c1)c1csc(-c2cccs2)n1. The summed E-state index contributed by atoms with van der Waals surface area (Å²) >= 11 is 3.11. The topological polar surface area (TPSA) is 59.8 Å². The molecule has 0 spiro atoms. The molecule has 5 nitrogen and oxygen atoms in total. The van der Waals surface area contributed by atoms with Crippen LogP contribution in [0.5, 0.6) is 0 Å². The summed E-state index contributed by atoms with van der Waals surface area (Å²) in [6.07, 6.45) is 5.38. The molecule has 25 heavy (non-hydrogen) atoms. The summed E-state index contributed by atoms with van der Waals surface area (Å²) in [6, 6.07) is 12.0. The molecule has 7 heteroatoms. The van der Waals surface area contributed by atoms with E-state index in [2.05, 4.69) is 15.3 Å². The molecule has 1 aromatic carbocycles. The van der Waals surface area contributed by atoms with Crippen molar-refractivity contribution in [2.75, 3.05) is 0 Å². The molecule has 3 aromatic heterocycles. The molecule has 0 bridgehead atoms. The molecule has 0 fully saturated rings. The second-order valence-corrected chi connectivity index (χ2v) is 7.14. The normalized spacial score (nSPS) is 10.7. The molecule has 0 unspecified atom stereocenters. The molecule has 3 heterocycles. The molecule has 124 valence electrons. The first-order valence-corrected chi connectivity index (χ1v) is 9.40. The summed E-state index contributed by atoms with van der Waals surface area (Å²) in [7, 11) is 0. The first-order valence-electron chi connectivity index (χ1n) is 7.64. The number of amides is 1. The van der Waals surface area contributed by atoms with Gasteiger partial charge >= 0.3 is 0 Å². The lowest BCUT2D eigenvalue weighted by atomic mass is 10.2. The Morgan fingerprint density at radius 2 is 2.16 bits per heavy atom. The van der Waals surface area contributed by atoms with E-state index < -0.39 is 0 Å². The Bertz CT molecular complexity index is 974. The van der Waals surface area contributed by atoms with E-state index in [0.717, 1.165) is 21.1 Å². The molecule has 0 aliphatic rings. The van der Waals surface area contributed by atoms with Gasteiger partial charge in [-0.05, 0) is 29.1 Å². The van der Waals surface area contributed by atoms with Gasteiger partial charge in [0.25, 0.3) is 5.91 Å². The van der Waals surface area contributed by atoms with Crippen molar-refractivity contribution in [1.29, 1.82) is 0 Å². The number of hydrogen-bond acceptors (Lipinski definition) is 5. The Labute approximate surface area is 152 Å². The van der Waals surface area contributed by atoms with Crippen LogP contribution in [0.4, 0.5) is 0 Å². The van der Waals surface area contributed by atoms with E-state index in [-0.39, 0.29) is 5.91 Å². The number of aromatic nitrogens is 3. The summed E-state index contributed by atoms with van der Waals surface area (Å²) in [5, 5.41) is 7.61. The Kier molecular flexibility index (Phi) is 4.41. The van der Waals surface area contributed by atoms with Crippen molar-refractivity contribution in [2.24, 2.45) is 0 Å². The molecule has 0 atom stereocenters. The number of carbonyl (C=O) groups is 1. The van der Waals surface area contributed by atoms with Crippen LogP contribution in [0.2, 0.25) is 0 Å². The zero-order valence-electron chi connectivity index (χ0n) is 13.1. The van der Waals surface area contributed by atoms with Gasteiger partial charge < -0.3 is 9.88 Å². The van der Waals surface area contributed by atoms with Crippen LogP contribution in [0.1, 0.15) is 16.1 Å². The molecule has 0 saturated heterocycles. The number of thiazole rings is 1. The maximum Gasteiger partial charge on any atom is 0.271 e. The first-order chi connectivity index (χ1) is 12.3. The van der Waals surface area contributed by atoms with Crippen LogP contribution in [-0.4, -0.2) is 20.4 Å². The second kappa shape index (κ2) is 7.00.